The smallest absolute Gasteiger partial charge is 0.270 e. The highest BCUT2D eigenvalue weighted by molar-refractivity contribution is 5.75. The molecule has 164 valence electrons. The Hall–Kier alpha value is -2.80. The number of aromatic amines is 1. The third-order valence-electron chi connectivity index (χ3n) is 6.30. The normalized spacial score (nSPS) is 16.1. The summed E-state index contributed by atoms with van der Waals surface area (Å²) in [6.45, 7) is 11.9. The first-order chi connectivity index (χ1) is 14.9. The van der Waals surface area contributed by atoms with Gasteiger partial charge in [0.1, 0.15) is 11.2 Å². The predicted molar refractivity (Wildman–Crippen MR) is 122 cm³/mol. The van der Waals surface area contributed by atoms with Gasteiger partial charge in [-0.05, 0) is 38.5 Å². The van der Waals surface area contributed by atoms with Crippen LogP contribution in [0.5, 0.6) is 0 Å². The standard InChI is InChI=1S/C24H30FN5O/c1-5-15(2)22-24(31)28-23-19(27-22)8-7-18(21(23)25)14-29-10-12-30(13-11-29)20-9-6-16(3)26-17(20)4/h6-9,15H,5,10-14H2,1-4H3,(H,28,31). The molecule has 1 fully saturated rings. The first kappa shape index (κ1) is 21.4. The van der Waals surface area contributed by atoms with E-state index in [1.54, 1.807) is 6.07 Å². The molecule has 1 atom stereocenters. The predicted octanol–water partition coefficient (Wildman–Crippen LogP) is 3.91. The number of hydrogen-bond donors (Lipinski definition) is 1. The summed E-state index contributed by atoms with van der Waals surface area (Å²) in [5, 5.41) is 0. The van der Waals surface area contributed by atoms with Gasteiger partial charge in [-0.25, -0.2) is 9.37 Å². The fraction of sp³-hybridized carbons (Fsp3) is 0.458. The average Bonchev–Trinajstić information content (AvgIpc) is 2.76. The maximum atomic E-state index is 15.2. The molecule has 1 aromatic carbocycles. The van der Waals surface area contributed by atoms with Crippen LogP contribution < -0.4 is 10.5 Å². The van der Waals surface area contributed by atoms with Gasteiger partial charge >= 0.3 is 0 Å². The fourth-order valence-corrected chi connectivity index (χ4v) is 4.23. The molecule has 31 heavy (non-hydrogen) atoms. The number of nitrogens with one attached hydrogen (secondary N) is 1. The molecule has 7 heteroatoms. The van der Waals surface area contributed by atoms with Crippen molar-refractivity contribution in [1.29, 1.82) is 0 Å². The fourth-order valence-electron chi connectivity index (χ4n) is 4.23. The van der Waals surface area contributed by atoms with Crippen LogP contribution in [-0.4, -0.2) is 46.0 Å². The number of nitrogens with zero attached hydrogens (tertiary/aromatic N) is 4. The third-order valence-corrected chi connectivity index (χ3v) is 6.30. The molecule has 1 aliphatic heterocycles. The second-order valence-electron chi connectivity index (χ2n) is 8.51. The number of rotatable bonds is 5. The molecule has 4 rings (SSSR count). The summed E-state index contributed by atoms with van der Waals surface area (Å²) >= 11 is 0. The van der Waals surface area contributed by atoms with E-state index in [-0.39, 0.29) is 22.8 Å². The molecular formula is C24H30FN5O. The summed E-state index contributed by atoms with van der Waals surface area (Å²) in [5.74, 6) is -0.335. The molecule has 1 aliphatic rings. The van der Waals surface area contributed by atoms with E-state index in [1.807, 2.05) is 39.8 Å². The van der Waals surface area contributed by atoms with Crippen LogP contribution >= 0.6 is 0 Å². The van der Waals surface area contributed by atoms with E-state index in [4.69, 9.17) is 0 Å². The van der Waals surface area contributed by atoms with Crippen LogP contribution in [0, 0.1) is 19.7 Å². The van der Waals surface area contributed by atoms with Gasteiger partial charge in [0.25, 0.3) is 5.56 Å². The van der Waals surface area contributed by atoms with E-state index in [0.29, 0.717) is 23.3 Å². The largest absolute Gasteiger partial charge is 0.368 e. The lowest BCUT2D eigenvalue weighted by atomic mass is 10.0. The van der Waals surface area contributed by atoms with Gasteiger partial charge in [0.05, 0.1) is 16.9 Å². The van der Waals surface area contributed by atoms with Crippen molar-refractivity contribution in [2.24, 2.45) is 0 Å². The zero-order valence-corrected chi connectivity index (χ0v) is 18.7. The van der Waals surface area contributed by atoms with E-state index >= 15 is 4.39 Å². The van der Waals surface area contributed by atoms with Crippen molar-refractivity contribution in [3.63, 3.8) is 0 Å². The SMILES string of the molecule is CCC(C)c1nc2ccc(CN3CCN(c4ccc(C)nc4C)CC3)c(F)c2[nH]c1=O. The zero-order chi connectivity index (χ0) is 22.1. The Morgan fingerprint density at radius 1 is 1.10 bits per heavy atom. The third kappa shape index (κ3) is 4.32. The van der Waals surface area contributed by atoms with Crippen LogP contribution in [0.1, 0.15) is 48.8 Å². The Kier molecular flexibility index (Phi) is 6.05. The molecule has 6 nitrogen and oxygen atoms in total. The highest BCUT2D eigenvalue weighted by Gasteiger charge is 2.21. The number of aryl methyl sites for hydroxylation is 2. The highest BCUT2D eigenvalue weighted by atomic mass is 19.1. The summed E-state index contributed by atoms with van der Waals surface area (Å²) in [4.78, 5) is 28.7. The van der Waals surface area contributed by atoms with Gasteiger partial charge in [0.2, 0.25) is 0 Å². The number of aromatic nitrogens is 3. The molecule has 1 unspecified atom stereocenters. The number of H-pyrrole nitrogens is 1. The molecular weight excluding hydrogens is 393 g/mol. The Labute approximate surface area is 182 Å². The van der Waals surface area contributed by atoms with Crippen LogP contribution in [0.2, 0.25) is 0 Å². The van der Waals surface area contributed by atoms with Crippen molar-refractivity contribution in [1.82, 2.24) is 19.9 Å². The molecule has 0 bridgehead atoms. The van der Waals surface area contributed by atoms with E-state index in [1.165, 1.54) is 5.69 Å². The van der Waals surface area contributed by atoms with Crippen molar-refractivity contribution in [2.75, 3.05) is 31.1 Å². The summed E-state index contributed by atoms with van der Waals surface area (Å²) in [7, 11) is 0. The van der Waals surface area contributed by atoms with Gasteiger partial charge in [-0.2, -0.15) is 0 Å². The van der Waals surface area contributed by atoms with Gasteiger partial charge in [0, 0.05) is 49.9 Å². The van der Waals surface area contributed by atoms with Crippen LogP contribution in [0.15, 0.2) is 29.1 Å². The minimum absolute atomic E-state index is 0.0412. The number of benzene rings is 1. The Morgan fingerprint density at radius 3 is 2.52 bits per heavy atom. The summed E-state index contributed by atoms with van der Waals surface area (Å²) in [6, 6.07) is 7.78. The molecule has 3 heterocycles. The van der Waals surface area contributed by atoms with Crippen molar-refractivity contribution < 1.29 is 4.39 Å². The van der Waals surface area contributed by atoms with E-state index in [0.717, 1.165) is 44.0 Å². The van der Waals surface area contributed by atoms with Crippen LogP contribution in [0.25, 0.3) is 11.0 Å². The number of halogens is 1. The monoisotopic (exact) mass is 423 g/mol. The van der Waals surface area contributed by atoms with E-state index in [2.05, 4.69) is 30.8 Å². The zero-order valence-electron chi connectivity index (χ0n) is 18.7. The maximum absolute atomic E-state index is 15.2. The quantitative estimate of drug-likeness (QED) is 0.674. The van der Waals surface area contributed by atoms with Crippen molar-refractivity contribution in [3.05, 3.63) is 63.1 Å². The van der Waals surface area contributed by atoms with Gasteiger partial charge in [0.15, 0.2) is 5.82 Å². The molecule has 0 saturated carbocycles. The van der Waals surface area contributed by atoms with Crippen molar-refractivity contribution in [3.8, 4) is 0 Å². The van der Waals surface area contributed by atoms with E-state index in [9.17, 15) is 4.79 Å². The summed E-state index contributed by atoms with van der Waals surface area (Å²) in [6.07, 6.45) is 0.812. The highest BCUT2D eigenvalue weighted by Crippen LogP contribution is 2.23. The van der Waals surface area contributed by atoms with Crippen molar-refractivity contribution in [2.45, 2.75) is 46.6 Å². The van der Waals surface area contributed by atoms with Crippen molar-refractivity contribution >= 4 is 16.7 Å². The molecule has 0 amide bonds. The van der Waals surface area contributed by atoms with Crippen LogP contribution in [0.4, 0.5) is 10.1 Å². The van der Waals surface area contributed by atoms with Gasteiger partial charge in [-0.1, -0.05) is 19.9 Å². The number of fused-ring (bicyclic) bond motifs is 1. The average molecular weight is 424 g/mol. The number of pyridine rings is 1. The summed E-state index contributed by atoms with van der Waals surface area (Å²) in [5.41, 5.74) is 4.70. The lowest BCUT2D eigenvalue weighted by Gasteiger charge is -2.36. The van der Waals surface area contributed by atoms with Crippen LogP contribution in [0.3, 0.4) is 0 Å². The molecule has 1 N–H and O–H groups in total. The van der Waals surface area contributed by atoms with E-state index < -0.39 is 0 Å². The molecule has 3 aromatic rings. The topological polar surface area (TPSA) is 65.1 Å². The molecule has 2 aromatic heterocycles. The lowest BCUT2D eigenvalue weighted by Crippen LogP contribution is -2.46. The second kappa shape index (κ2) is 8.75. The molecule has 0 aliphatic carbocycles. The Balaban J connectivity index is 1.49. The minimum atomic E-state index is -0.376. The van der Waals surface area contributed by atoms with Gasteiger partial charge in [-0.3, -0.25) is 14.7 Å². The van der Waals surface area contributed by atoms with Gasteiger partial charge < -0.3 is 9.88 Å². The Morgan fingerprint density at radius 2 is 1.84 bits per heavy atom. The second-order valence-corrected chi connectivity index (χ2v) is 8.51. The first-order valence-corrected chi connectivity index (χ1v) is 11.0. The lowest BCUT2D eigenvalue weighted by molar-refractivity contribution is 0.246. The molecule has 1 saturated heterocycles. The molecule has 0 radical (unpaired) electrons. The maximum Gasteiger partial charge on any atom is 0.270 e. The molecule has 0 spiro atoms. The Bertz CT molecular complexity index is 1150. The number of hydrogen-bond acceptors (Lipinski definition) is 5. The number of anilines is 1. The van der Waals surface area contributed by atoms with Gasteiger partial charge in [-0.15, -0.1) is 0 Å². The summed E-state index contributed by atoms with van der Waals surface area (Å²) < 4.78 is 15.2. The number of piperazine rings is 1. The van der Waals surface area contributed by atoms with Crippen LogP contribution in [-0.2, 0) is 6.54 Å². The minimum Gasteiger partial charge on any atom is -0.368 e. The first-order valence-electron chi connectivity index (χ1n) is 11.0.